The van der Waals surface area contributed by atoms with Crippen LogP contribution in [0.4, 0.5) is 11.4 Å². The van der Waals surface area contributed by atoms with Crippen LogP contribution in [-0.2, 0) is 4.79 Å². The molecular weight excluding hydrogens is 324 g/mol. The maximum atomic E-state index is 12.3. The molecule has 0 aliphatic carbocycles. The summed E-state index contributed by atoms with van der Waals surface area (Å²) in [6, 6.07) is 14.2. The lowest BCUT2D eigenvalue weighted by molar-refractivity contribution is -0.115. The number of aromatic carboxylic acids is 1. The summed E-state index contributed by atoms with van der Waals surface area (Å²) in [4.78, 5) is 26.1. The van der Waals surface area contributed by atoms with E-state index in [1.807, 2.05) is 43.3 Å². The number of anilines is 2. The van der Waals surface area contributed by atoms with Crippen molar-refractivity contribution in [2.45, 2.75) is 17.1 Å². The second-order valence-electron chi connectivity index (χ2n) is 5.49. The predicted octanol–water partition coefficient (Wildman–Crippen LogP) is 3.57. The van der Waals surface area contributed by atoms with E-state index in [2.05, 4.69) is 5.32 Å². The van der Waals surface area contributed by atoms with E-state index in [0.717, 1.165) is 5.69 Å². The molecule has 126 valence electrons. The molecule has 0 spiro atoms. The van der Waals surface area contributed by atoms with E-state index >= 15 is 0 Å². The highest BCUT2D eigenvalue weighted by molar-refractivity contribution is 8.00. The zero-order valence-corrected chi connectivity index (χ0v) is 14.6. The lowest BCUT2D eigenvalue weighted by atomic mass is 10.2. The molecule has 0 radical (unpaired) electrons. The fraction of sp³-hybridized carbons (Fsp3) is 0.222. The fourth-order valence-electron chi connectivity index (χ4n) is 2.08. The van der Waals surface area contributed by atoms with Gasteiger partial charge in [-0.25, -0.2) is 4.79 Å². The van der Waals surface area contributed by atoms with Gasteiger partial charge in [-0.2, -0.15) is 0 Å². The quantitative estimate of drug-likeness (QED) is 0.784. The molecule has 2 N–H and O–H groups in total. The fourth-order valence-corrected chi connectivity index (χ4v) is 3.06. The van der Waals surface area contributed by atoms with Gasteiger partial charge in [0, 0.05) is 30.4 Å². The van der Waals surface area contributed by atoms with Gasteiger partial charge in [0.05, 0.1) is 10.8 Å². The summed E-state index contributed by atoms with van der Waals surface area (Å²) >= 11 is 1.23. The van der Waals surface area contributed by atoms with E-state index in [1.54, 1.807) is 25.1 Å². The highest BCUT2D eigenvalue weighted by Gasteiger charge is 2.18. The second kappa shape index (κ2) is 7.88. The Balaban J connectivity index is 2.03. The highest BCUT2D eigenvalue weighted by Crippen LogP contribution is 2.28. The van der Waals surface area contributed by atoms with Crippen LogP contribution in [0.25, 0.3) is 0 Å². The molecule has 0 bridgehead atoms. The number of benzene rings is 2. The first kappa shape index (κ1) is 17.9. The Hall–Kier alpha value is -2.47. The molecule has 0 heterocycles. The largest absolute Gasteiger partial charge is 0.478 e. The van der Waals surface area contributed by atoms with Crippen LogP contribution in [0.2, 0.25) is 0 Å². The number of hydrogen-bond acceptors (Lipinski definition) is 4. The Morgan fingerprint density at radius 1 is 1.08 bits per heavy atom. The molecule has 0 saturated carbocycles. The average Bonchev–Trinajstić information content (AvgIpc) is 2.55. The number of rotatable bonds is 6. The molecule has 0 aromatic heterocycles. The average molecular weight is 344 g/mol. The molecule has 0 unspecified atom stereocenters. The van der Waals surface area contributed by atoms with Crippen LogP contribution < -0.4 is 10.2 Å². The molecule has 2 aromatic carbocycles. The van der Waals surface area contributed by atoms with Gasteiger partial charge in [-0.1, -0.05) is 12.1 Å². The van der Waals surface area contributed by atoms with Crippen LogP contribution in [-0.4, -0.2) is 36.3 Å². The van der Waals surface area contributed by atoms with Gasteiger partial charge in [0.25, 0.3) is 0 Å². The minimum absolute atomic E-state index is 0.169. The first-order valence-corrected chi connectivity index (χ1v) is 8.33. The Bertz CT molecular complexity index is 729. The van der Waals surface area contributed by atoms with Gasteiger partial charge < -0.3 is 15.3 Å². The van der Waals surface area contributed by atoms with E-state index in [4.69, 9.17) is 0 Å². The number of carboxylic acid groups (broad SMARTS) is 1. The zero-order valence-electron chi connectivity index (χ0n) is 13.8. The van der Waals surface area contributed by atoms with Crippen LogP contribution in [0.5, 0.6) is 0 Å². The third-order valence-corrected chi connectivity index (χ3v) is 4.62. The van der Waals surface area contributed by atoms with Gasteiger partial charge in [-0.15, -0.1) is 11.8 Å². The number of carbonyl (C=O) groups excluding carboxylic acids is 1. The van der Waals surface area contributed by atoms with Crippen LogP contribution in [0.1, 0.15) is 17.3 Å². The first-order chi connectivity index (χ1) is 11.4. The maximum absolute atomic E-state index is 12.3. The number of hydrogen-bond donors (Lipinski definition) is 2. The SMILES string of the molecule is C[C@@H](Sc1ccccc1C(=O)O)C(=O)Nc1ccc(N(C)C)cc1. The molecule has 2 rings (SSSR count). The van der Waals surface area contributed by atoms with Crippen molar-refractivity contribution in [3.8, 4) is 0 Å². The molecule has 2 aromatic rings. The number of nitrogens with zero attached hydrogens (tertiary/aromatic N) is 1. The van der Waals surface area contributed by atoms with Crippen molar-refractivity contribution in [3.63, 3.8) is 0 Å². The van der Waals surface area contributed by atoms with Gasteiger partial charge >= 0.3 is 5.97 Å². The number of carbonyl (C=O) groups is 2. The van der Waals surface area contributed by atoms with E-state index in [1.165, 1.54) is 17.8 Å². The van der Waals surface area contributed by atoms with E-state index in [9.17, 15) is 14.7 Å². The molecule has 1 atom stereocenters. The van der Waals surface area contributed by atoms with Gasteiger partial charge in [0.1, 0.15) is 0 Å². The van der Waals surface area contributed by atoms with Crippen molar-refractivity contribution in [2.24, 2.45) is 0 Å². The maximum Gasteiger partial charge on any atom is 0.336 e. The Labute approximate surface area is 145 Å². The summed E-state index contributed by atoms with van der Waals surface area (Å²) in [5.41, 5.74) is 1.97. The summed E-state index contributed by atoms with van der Waals surface area (Å²) in [7, 11) is 3.90. The standard InChI is InChI=1S/C18H20N2O3S/c1-12(24-16-7-5-4-6-15(16)18(22)23)17(21)19-13-8-10-14(11-9-13)20(2)3/h4-12H,1-3H3,(H,19,21)(H,22,23)/t12-/m1/s1. The molecule has 0 fully saturated rings. The topological polar surface area (TPSA) is 69.6 Å². The Morgan fingerprint density at radius 3 is 2.29 bits per heavy atom. The normalized spacial score (nSPS) is 11.6. The number of carboxylic acids is 1. The van der Waals surface area contributed by atoms with Gasteiger partial charge in [0.2, 0.25) is 5.91 Å². The summed E-state index contributed by atoms with van der Waals surface area (Å²) in [6.45, 7) is 1.76. The van der Waals surface area contributed by atoms with Gasteiger partial charge in [-0.3, -0.25) is 4.79 Å². The summed E-state index contributed by atoms with van der Waals surface area (Å²) < 4.78 is 0. The van der Waals surface area contributed by atoms with Crippen molar-refractivity contribution >= 4 is 35.0 Å². The molecule has 6 heteroatoms. The lowest BCUT2D eigenvalue weighted by Crippen LogP contribution is -2.22. The predicted molar refractivity (Wildman–Crippen MR) is 98.1 cm³/mol. The summed E-state index contributed by atoms with van der Waals surface area (Å²) in [5.74, 6) is -1.16. The molecule has 1 amide bonds. The van der Waals surface area contributed by atoms with Crippen molar-refractivity contribution in [1.82, 2.24) is 0 Å². The number of nitrogens with one attached hydrogen (secondary N) is 1. The smallest absolute Gasteiger partial charge is 0.336 e. The van der Waals surface area contributed by atoms with Crippen molar-refractivity contribution in [3.05, 3.63) is 54.1 Å². The minimum atomic E-state index is -0.995. The Kier molecular flexibility index (Phi) is 5.87. The van der Waals surface area contributed by atoms with E-state index in [-0.39, 0.29) is 11.5 Å². The number of amides is 1. The molecular formula is C18H20N2O3S. The third kappa shape index (κ3) is 4.52. The summed E-state index contributed by atoms with van der Waals surface area (Å²) in [5, 5.41) is 11.6. The van der Waals surface area contributed by atoms with Crippen LogP contribution in [0.15, 0.2) is 53.4 Å². The molecule has 5 nitrogen and oxygen atoms in total. The van der Waals surface area contributed by atoms with Gasteiger partial charge in [-0.05, 0) is 43.3 Å². The van der Waals surface area contributed by atoms with Crippen molar-refractivity contribution < 1.29 is 14.7 Å². The number of thioether (sulfide) groups is 1. The van der Waals surface area contributed by atoms with Gasteiger partial charge in [0.15, 0.2) is 0 Å². The minimum Gasteiger partial charge on any atom is -0.478 e. The van der Waals surface area contributed by atoms with Crippen LogP contribution >= 0.6 is 11.8 Å². The third-order valence-electron chi connectivity index (χ3n) is 3.44. The van der Waals surface area contributed by atoms with E-state index in [0.29, 0.717) is 10.6 Å². The lowest BCUT2D eigenvalue weighted by Gasteiger charge is -2.15. The van der Waals surface area contributed by atoms with Crippen LogP contribution in [0, 0.1) is 0 Å². The second-order valence-corrected chi connectivity index (χ2v) is 6.87. The molecule has 0 aliphatic heterocycles. The van der Waals surface area contributed by atoms with E-state index < -0.39 is 11.2 Å². The molecule has 0 saturated heterocycles. The summed E-state index contributed by atoms with van der Waals surface area (Å²) in [6.07, 6.45) is 0. The van der Waals surface area contributed by atoms with Crippen molar-refractivity contribution in [1.29, 1.82) is 0 Å². The highest BCUT2D eigenvalue weighted by atomic mass is 32.2. The zero-order chi connectivity index (χ0) is 17.7. The first-order valence-electron chi connectivity index (χ1n) is 7.45. The molecule has 0 aliphatic rings. The molecule has 24 heavy (non-hydrogen) atoms. The monoisotopic (exact) mass is 344 g/mol. The Morgan fingerprint density at radius 2 is 1.71 bits per heavy atom. The van der Waals surface area contributed by atoms with Crippen LogP contribution in [0.3, 0.4) is 0 Å². The van der Waals surface area contributed by atoms with Crippen molar-refractivity contribution in [2.75, 3.05) is 24.3 Å².